The minimum Gasteiger partial charge on any atom is -0.347 e. The zero-order valence-corrected chi connectivity index (χ0v) is 17.7. The third kappa shape index (κ3) is 5.09. The zero-order chi connectivity index (χ0) is 23.4. The third-order valence-corrected chi connectivity index (χ3v) is 5.00. The lowest BCUT2D eigenvalue weighted by atomic mass is 10.1. The summed E-state index contributed by atoms with van der Waals surface area (Å²) in [5.41, 5.74) is 2.69. The van der Waals surface area contributed by atoms with Gasteiger partial charge in [-0.25, -0.2) is 13.9 Å². The van der Waals surface area contributed by atoms with Crippen molar-refractivity contribution < 1.29 is 18.8 Å². The molecule has 8 nitrogen and oxygen atoms in total. The summed E-state index contributed by atoms with van der Waals surface area (Å²) in [6.45, 7) is 1.90. The molecule has 0 aliphatic carbocycles. The Morgan fingerprint density at radius 2 is 1.48 bits per heavy atom. The van der Waals surface area contributed by atoms with E-state index in [1.807, 2.05) is 0 Å². The second-order valence-electron chi connectivity index (χ2n) is 7.37. The lowest BCUT2D eigenvalue weighted by Crippen LogP contribution is -2.28. The lowest BCUT2D eigenvalue weighted by molar-refractivity contribution is 0.0941. The molecule has 2 aromatic heterocycles. The fraction of sp³-hybridized carbons (Fsp3) is 0.125. The van der Waals surface area contributed by atoms with E-state index in [0.717, 1.165) is 11.1 Å². The molecule has 0 saturated carbocycles. The number of carbonyl (C=O) groups excluding carboxylic acids is 3. The lowest BCUT2D eigenvalue weighted by Gasteiger charge is -2.10. The number of benzene rings is 2. The normalized spacial score (nSPS) is 10.7. The number of amides is 2. The van der Waals surface area contributed by atoms with Gasteiger partial charge >= 0.3 is 0 Å². The highest BCUT2D eigenvalue weighted by Crippen LogP contribution is 2.10. The summed E-state index contributed by atoms with van der Waals surface area (Å²) >= 11 is 0. The SMILES string of the molecule is CC(=O)c1ccc(CNC(=O)c2cc(C(=O)NCc3ccc(F)cc3)nc3ccnn23)cc1. The van der Waals surface area contributed by atoms with E-state index in [1.54, 1.807) is 42.5 Å². The first-order valence-corrected chi connectivity index (χ1v) is 10.2. The number of ketones is 1. The van der Waals surface area contributed by atoms with Crippen LogP contribution in [-0.4, -0.2) is 32.2 Å². The van der Waals surface area contributed by atoms with Gasteiger partial charge in [-0.05, 0) is 30.2 Å². The number of hydrogen-bond donors (Lipinski definition) is 2. The summed E-state index contributed by atoms with van der Waals surface area (Å²) in [6.07, 6.45) is 1.49. The van der Waals surface area contributed by atoms with Crippen LogP contribution >= 0.6 is 0 Å². The van der Waals surface area contributed by atoms with Crippen molar-refractivity contribution in [2.75, 3.05) is 0 Å². The third-order valence-electron chi connectivity index (χ3n) is 5.00. The molecule has 0 aliphatic heterocycles. The van der Waals surface area contributed by atoms with Gasteiger partial charge in [-0.3, -0.25) is 14.4 Å². The minimum atomic E-state index is -0.475. The fourth-order valence-corrected chi connectivity index (χ4v) is 3.20. The van der Waals surface area contributed by atoms with Crippen LogP contribution in [0.3, 0.4) is 0 Å². The summed E-state index contributed by atoms with van der Waals surface area (Å²) in [4.78, 5) is 41.2. The average molecular weight is 445 g/mol. The first-order valence-electron chi connectivity index (χ1n) is 10.2. The van der Waals surface area contributed by atoms with E-state index < -0.39 is 11.8 Å². The molecule has 9 heteroatoms. The summed E-state index contributed by atoms with van der Waals surface area (Å²) in [5.74, 6) is -1.30. The molecule has 0 bridgehead atoms. The Morgan fingerprint density at radius 1 is 0.879 bits per heavy atom. The van der Waals surface area contributed by atoms with Crippen molar-refractivity contribution in [1.29, 1.82) is 0 Å². The Morgan fingerprint density at radius 3 is 2.12 bits per heavy atom. The van der Waals surface area contributed by atoms with Crippen LogP contribution < -0.4 is 10.6 Å². The Balaban J connectivity index is 1.49. The molecule has 166 valence electrons. The summed E-state index contributed by atoms with van der Waals surface area (Å²) in [7, 11) is 0. The molecule has 0 saturated heterocycles. The van der Waals surface area contributed by atoms with E-state index in [1.165, 1.54) is 35.8 Å². The molecule has 0 unspecified atom stereocenters. The van der Waals surface area contributed by atoms with Gasteiger partial charge in [0.25, 0.3) is 11.8 Å². The van der Waals surface area contributed by atoms with E-state index in [4.69, 9.17) is 0 Å². The molecule has 2 N–H and O–H groups in total. The molecule has 0 spiro atoms. The van der Waals surface area contributed by atoms with Crippen molar-refractivity contribution in [3.63, 3.8) is 0 Å². The smallest absolute Gasteiger partial charge is 0.270 e. The number of fused-ring (bicyclic) bond motifs is 1. The zero-order valence-electron chi connectivity index (χ0n) is 17.7. The molecule has 4 rings (SSSR count). The van der Waals surface area contributed by atoms with Gasteiger partial charge in [0.15, 0.2) is 11.4 Å². The van der Waals surface area contributed by atoms with Gasteiger partial charge in [0.05, 0.1) is 6.20 Å². The van der Waals surface area contributed by atoms with Gasteiger partial charge in [0, 0.05) is 30.8 Å². The molecular weight excluding hydrogens is 425 g/mol. The summed E-state index contributed by atoms with van der Waals surface area (Å²) in [5, 5.41) is 9.63. The van der Waals surface area contributed by atoms with Crippen LogP contribution in [0.15, 0.2) is 66.9 Å². The highest BCUT2D eigenvalue weighted by molar-refractivity contribution is 5.98. The van der Waals surface area contributed by atoms with Crippen LogP contribution in [-0.2, 0) is 13.1 Å². The van der Waals surface area contributed by atoms with Crippen LogP contribution in [0.4, 0.5) is 4.39 Å². The minimum absolute atomic E-state index is 0.0336. The Bertz CT molecular complexity index is 1330. The quantitative estimate of drug-likeness (QED) is 0.426. The summed E-state index contributed by atoms with van der Waals surface area (Å²) in [6, 6.07) is 15.7. The molecule has 0 radical (unpaired) electrons. The predicted octanol–water partition coefficient (Wildman–Crippen LogP) is 2.93. The second kappa shape index (κ2) is 9.39. The number of Topliss-reactive ketones (excluding diaryl/α,β-unsaturated/α-hetero) is 1. The van der Waals surface area contributed by atoms with Crippen LogP contribution in [0, 0.1) is 5.82 Å². The molecule has 2 heterocycles. The van der Waals surface area contributed by atoms with Gasteiger partial charge in [-0.15, -0.1) is 0 Å². The highest BCUT2D eigenvalue weighted by Gasteiger charge is 2.17. The van der Waals surface area contributed by atoms with Crippen molar-refractivity contribution >= 4 is 23.2 Å². The number of nitrogens with zero attached hydrogens (tertiary/aromatic N) is 3. The van der Waals surface area contributed by atoms with E-state index in [-0.39, 0.29) is 36.1 Å². The molecule has 0 atom stereocenters. The van der Waals surface area contributed by atoms with Crippen LogP contribution in [0.2, 0.25) is 0 Å². The standard InChI is InChI=1S/C24H20FN5O3/c1-15(31)18-6-2-16(3-7-18)14-27-24(33)21-12-20(29-22-10-11-28-30(21)22)23(32)26-13-17-4-8-19(25)9-5-17/h2-12H,13-14H2,1H3,(H,26,32)(H,27,33). The molecule has 33 heavy (non-hydrogen) atoms. The maximum atomic E-state index is 13.1. The number of rotatable bonds is 7. The van der Waals surface area contributed by atoms with Crippen LogP contribution in [0.5, 0.6) is 0 Å². The Hall–Kier alpha value is -4.40. The van der Waals surface area contributed by atoms with E-state index >= 15 is 0 Å². The van der Waals surface area contributed by atoms with Gasteiger partial charge in [-0.1, -0.05) is 36.4 Å². The second-order valence-corrected chi connectivity index (χ2v) is 7.37. The molecule has 0 aliphatic rings. The maximum absolute atomic E-state index is 13.1. The highest BCUT2D eigenvalue weighted by atomic mass is 19.1. The Kier molecular flexibility index (Phi) is 6.21. The number of nitrogens with one attached hydrogen (secondary N) is 2. The fourth-order valence-electron chi connectivity index (χ4n) is 3.20. The molecule has 2 aromatic carbocycles. The average Bonchev–Trinajstić information content (AvgIpc) is 3.30. The molecular formula is C24H20FN5O3. The molecule has 0 fully saturated rings. The number of carbonyl (C=O) groups is 3. The Labute approximate surface area is 188 Å². The van der Waals surface area contributed by atoms with Crippen LogP contribution in [0.1, 0.15) is 49.4 Å². The van der Waals surface area contributed by atoms with Crippen molar-refractivity contribution in [1.82, 2.24) is 25.2 Å². The van der Waals surface area contributed by atoms with Gasteiger partial charge in [0.2, 0.25) is 0 Å². The molecule has 4 aromatic rings. The van der Waals surface area contributed by atoms with Crippen LogP contribution in [0.25, 0.3) is 5.65 Å². The predicted molar refractivity (Wildman–Crippen MR) is 118 cm³/mol. The van der Waals surface area contributed by atoms with Crippen molar-refractivity contribution in [2.45, 2.75) is 20.0 Å². The number of hydrogen-bond acceptors (Lipinski definition) is 5. The van der Waals surface area contributed by atoms with E-state index in [2.05, 4.69) is 20.7 Å². The van der Waals surface area contributed by atoms with Crippen molar-refractivity contribution in [3.05, 3.63) is 101 Å². The van der Waals surface area contributed by atoms with Gasteiger partial charge < -0.3 is 10.6 Å². The van der Waals surface area contributed by atoms with Gasteiger partial charge in [-0.2, -0.15) is 5.10 Å². The number of aromatic nitrogens is 3. The van der Waals surface area contributed by atoms with E-state index in [9.17, 15) is 18.8 Å². The maximum Gasteiger partial charge on any atom is 0.270 e. The van der Waals surface area contributed by atoms with Crippen molar-refractivity contribution in [3.8, 4) is 0 Å². The van der Waals surface area contributed by atoms with Gasteiger partial charge in [0.1, 0.15) is 17.2 Å². The first kappa shape index (κ1) is 21.8. The topological polar surface area (TPSA) is 105 Å². The monoisotopic (exact) mass is 445 g/mol. The first-order chi connectivity index (χ1) is 15.9. The summed E-state index contributed by atoms with van der Waals surface area (Å²) < 4.78 is 14.4. The van der Waals surface area contributed by atoms with E-state index in [0.29, 0.717) is 11.2 Å². The largest absolute Gasteiger partial charge is 0.347 e. The molecule has 2 amide bonds. The number of halogens is 1. The van der Waals surface area contributed by atoms with Crippen molar-refractivity contribution in [2.24, 2.45) is 0 Å².